The molecule has 0 radical (unpaired) electrons. The Bertz CT molecular complexity index is 1540. The molecule has 2 fully saturated rings. The summed E-state index contributed by atoms with van der Waals surface area (Å²) >= 11 is 0. The van der Waals surface area contributed by atoms with Crippen molar-refractivity contribution >= 4 is 11.0 Å². The molecule has 0 bridgehead atoms. The Morgan fingerprint density at radius 1 is 0.795 bits per heavy atom. The molecule has 0 spiro atoms. The van der Waals surface area contributed by atoms with Crippen molar-refractivity contribution in [2.24, 2.45) is 0 Å². The molecule has 0 saturated carbocycles. The third-order valence-electron chi connectivity index (χ3n) is 7.49. The summed E-state index contributed by atoms with van der Waals surface area (Å²) in [4.78, 5) is 13.9. The average molecular weight is 625 g/mol. The molecule has 10 atom stereocenters. The van der Waals surface area contributed by atoms with Crippen molar-refractivity contribution in [3.63, 3.8) is 0 Å². The molecule has 16 heteroatoms. The summed E-state index contributed by atoms with van der Waals surface area (Å²) in [6.45, 7) is 0.681. The van der Waals surface area contributed by atoms with Gasteiger partial charge in [0.2, 0.25) is 29.5 Å². The van der Waals surface area contributed by atoms with Gasteiger partial charge in [-0.05, 0) is 31.2 Å². The van der Waals surface area contributed by atoms with E-state index in [1.54, 1.807) is 0 Å². The highest BCUT2D eigenvalue weighted by atomic mass is 16.7. The van der Waals surface area contributed by atoms with Crippen molar-refractivity contribution in [3.8, 4) is 40.1 Å². The number of phenolic OH excluding ortho intramolecular Hbond substituents is 2. The number of fused-ring (bicyclic) bond motifs is 1. The van der Waals surface area contributed by atoms with Crippen LogP contribution in [-0.2, 0) is 9.47 Å². The number of aromatic hydroxyl groups is 2. The van der Waals surface area contributed by atoms with Gasteiger partial charge in [-0.3, -0.25) is 4.79 Å². The number of rotatable bonds is 7. The molecule has 0 aliphatic carbocycles. The van der Waals surface area contributed by atoms with Gasteiger partial charge in [0, 0.05) is 11.6 Å². The molecule has 3 heterocycles. The first kappa shape index (κ1) is 31.7. The molecule has 2 saturated heterocycles. The second-order valence-electron chi connectivity index (χ2n) is 10.4. The molecule has 240 valence electrons. The lowest BCUT2D eigenvalue weighted by atomic mass is 9.99. The van der Waals surface area contributed by atoms with Gasteiger partial charge < -0.3 is 74.1 Å². The van der Waals surface area contributed by atoms with Gasteiger partial charge in [0.1, 0.15) is 59.6 Å². The van der Waals surface area contributed by atoms with Gasteiger partial charge in [0.15, 0.2) is 17.1 Å². The minimum absolute atomic E-state index is 0.123. The van der Waals surface area contributed by atoms with E-state index < -0.39 is 90.3 Å². The number of aliphatic hydroxyl groups is 7. The highest BCUT2D eigenvalue weighted by Gasteiger charge is 2.46. The lowest BCUT2D eigenvalue weighted by Gasteiger charge is -2.39. The quantitative estimate of drug-likeness (QED) is 0.141. The lowest BCUT2D eigenvalue weighted by molar-refractivity contribution is -0.277. The Labute approximate surface area is 248 Å². The average Bonchev–Trinajstić information content (AvgIpc) is 3.00. The van der Waals surface area contributed by atoms with Crippen molar-refractivity contribution < 1.29 is 74.1 Å². The van der Waals surface area contributed by atoms with Crippen LogP contribution >= 0.6 is 0 Å². The minimum atomic E-state index is -1.82. The van der Waals surface area contributed by atoms with Crippen LogP contribution in [0.5, 0.6) is 28.7 Å². The van der Waals surface area contributed by atoms with Gasteiger partial charge in [-0.1, -0.05) is 0 Å². The maximum absolute atomic E-state index is 13.9. The van der Waals surface area contributed by atoms with E-state index in [0.717, 1.165) is 6.07 Å². The zero-order valence-corrected chi connectivity index (χ0v) is 23.3. The van der Waals surface area contributed by atoms with Crippen molar-refractivity contribution in [2.75, 3.05) is 13.7 Å². The van der Waals surface area contributed by atoms with Crippen LogP contribution < -0.4 is 19.6 Å². The van der Waals surface area contributed by atoms with Crippen LogP contribution in [0.3, 0.4) is 0 Å². The summed E-state index contributed by atoms with van der Waals surface area (Å²) in [6, 6.07) is 6.23. The summed E-state index contributed by atoms with van der Waals surface area (Å²) in [5.41, 5.74) is -1.22. The standard InChI is InChI=1S/C28H32O16/c1-9-16(32)19(35)21(37)27(40-9)44-26-18(34)15-12(31)7-13(41-28-22(38)20(36)17(33)14(8-29)42-28)24(39-2)25(15)43-23(26)10-3-5-11(30)6-4-10/h3-7,9,14,16-17,19-22,27-33,35-38H,8H2,1-2H3/t9-,14-,16-,17-,19+,20-,21-,22+,27-,28+/m0/s1. The van der Waals surface area contributed by atoms with Crippen LogP contribution in [0.25, 0.3) is 22.3 Å². The molecule has 16 nitrogen and oxygen atoms in total. The van der Waals surface area contributed by atoms with Gasteiger partial charge in [0.05, 0.1) is 19.8 Å². The third-order valence-corrected chi connectivity index (χ3v) is 7.49. The molecule has 5 rings (SSSR count). The lowest BCUT2D eigenvalue weighted by Crippen LogP contribution is -2.60. The van der Waals surface area contributed by atoms with Crippen molar-refractivity contribution in [3.05, 3.63) is 40.6 Å². The maximum Gasteiger partial charge on any atom is 0.239 e. The molecule has 9 N–H and O–H groups in total. The highest BCUT2D eigenvalue weighted by Crippen LogP contribution is 2.45. The van der Waals surface area contributed by atoms with E-state index in [1.165, 1.54) is 38.3 Å². The van der Waals surface area contributed by atoms with Gasteiger partial charge in [-0.15, -0.1) is 0 Å². The van der Waals surface area contributed by atoms with Crippen LogP contribution in [0, 0.1) is 0 Å². The third kappa shape index (κ3) is 5.51. The van der Waals surface area contributed by atoms with E-state index in [2.05, 4.69) is 0 Å². The smallest absolute Gasteiger partial charge is 0.239 e. The number of methoxy groups -OCH3 is 1. The second-order valence-corrected chi connectivity index (χ2v) is 10.4. The number of ether oxygens (including phenoxy) is 5. The van der Waals surface area contributed by atoms with E-state index in [0.29, 0.717) is 0 Å². The van der Waals surface area contributed by atoms with E-state index in [9.17, 15) is 50.8 Å². The van der Waals surface area contributed by atoms with Crippen LogP contribution in [-0.4, -0.2) is 121 Å². The summed E-state index contributed by atoms with van der Waals surface area (Å²) in [7, 11) is 1.18. The molecule has 0 amide bonds. The zero-order valence-electron chi connectivity index (χ0n) is 23.3. The molecule has 1 aromatic heterocycles. The number of benzene rings is 2. The number of phenols is 2. The molecule has 0 unspecified atom stereocenters. The van der Waals surface area contributed by atoms with Crippen LogP contribution in [0.4, 0.5) is 0 Å². The summed E-state index contributed by atoms with van der Waals surface area (Å²) < 4.78 is 33.7. The maximum atomic E-state index is 13.9. The zero-order chi connectivity index (χ0) is 32.0. The fourth-order valence-corrected chi connectivity index (χ4v) is 4.99. The molecule has 2 aliphatic heterocycles. The van der Waals surface area contributed by atoms with Crippen molar-refractivity contribution in [2.45, 2.75) is 68.3 Å². The number of hydrogen-bond acceptors (Lipinski definition) is 16. The predicted octanol–water partition coefficient (Wildman–Crippen LogP) is -1.74. The van der Waals surface area contributed by atoms with Crippen molar-refractivity contribution in [1.82, 2.24) is 0 Å². The Hall–Kier alpha value is -3.71. The first-order valence-electron chi connectivity index (χ1n) is 13.4. The van der Waals surface area contributed by atoms with E-state index in [-0.39, 0.29) is 34.2 Å². The first-order valence-corrected chi connectivity index (χ1v) is 13.4. The molecular weight excluding hydrogens is 592 g/mol. The van der Waals surface area contributed by atoms with Crippen LogP contribution in [0.1, 0.15) is 6.92 Å². The van der Waals surface area contributed by atoms with Gasteiger partial charge in [-0.2, -0.15) is 0 Å². The monoisotopic (exact) mass is 624 g/mol. The SMILES string of the molecule is COc1c(O[C@@H]2O[C@@H](CO)[C@H](O)[C@H](O)[C@H]2O)cc(O)c2c(=O)c(O[C@@H]3O[C@@H](C)[C@H](O)[C@@H](O)[C@@H]3O)c(-c3ccc(O)cc3)oc12. The molecular formula is C28H32O16. The largest absolute Gasteiger partial charge is 0.508 e. The normalized spacial score (nSPS) is 32.4. The fraction of sp³-hybridized carbons (Fsp3) is 0.464. The number of aliphatic hydroxyl groups excluding tert-OH is 7. The summed E-state index contributed by atoms with van der Waals surface area (Å²) in [6.07, 6.45) is -15.9. The van der Waals surface area contributed by atoms with E-state index in [1.807, 2.05) is 0 Å². The Balaban J connectivity index is 1.65. The Kier molecular flexibility index (Phi) is 8.90. The minimum Gasteiger partial charge on any atom is -0.508 e. The van der Waals surface area contributed by atoms with E-state index >= 15 is 0 Å². The molecule has 2 aliphatic rings. The van der Waals surface area contributed by atoms with Crippen LogP contribution in [0.15, 0.2) is 39.5 Å². The first-order chi connectivity index (χ1) is 20.9. The molecule has 2 aromatic carbocycles. The summed E-state index contributed by atoms with van der Waals surface area (Å²) in [5.74, 6) is -2.36. The molecule has 3 aromatic rings. The molecule has 44 heavy (non-hydrogen) atoms. The van der Waals surface area contributed by atoms with E-state index in [4.69, 9.17) is 28.1 Å². The van der Waals surface area contributed by atoms with Gasteiger partial charge in [-0.25, -0.2) is 0 Å². The van der Waals surface area contributed by atoms with Gasteiger partial charge in [0.25, 0.3) is 0 Å². The van der Waals surface area contributed by atoms with Gasteiger partial charge >= 0.3 is 0 Å². The number of hydrogen-bond donors (Lipinski definition) is 9. The topological polar surface area (TPSA) is 258 Å². The van der Waals surface area contributed by atoms with Crippen LogP contribution in [0.2, 0.25) is 0 Å². The second kappa shape index (κ2) is 12.4. The Morgan fingerprint density at radius 2 is 1.41 bits per heavy atom. The fourth-order valence-electron chi connectivity index (χ4n) is 4.99. The summed E-state index contributed by atoms with van der Waals surface area (Å²) in [5, 5.41) is 91.3. The predicted molar refractivity (Wildman–Crippen MR) is 145 cm³/mol. The Morgan fingerprint density at radius 3 is 2.02 bits per heavy atom. The van der Waals surface area contributed by atoms with Crippen molar-refractivity contribution in [1.29, 1.82) is 0 Å². The highest BCUT2D eigenvalue weighted by molar-refractivity contribution is 5.93.